The van der Waals surface area contributed by atoms with E-state index in [0.717, 1.165) is 5.56 Å². The third-order valence-electron chi connectivity index (χ3n) is 4.20. The monoisotopic (exact) mass is 419 g/mol. The number of nitrogens with zero attached hydrogens (tertiary/aromatic N) is 1. The number of hydrogen-bond donors (Lipinski definition) is 2. The molecule has 156 valence electrons. The van der Waals surface area contributed by atoms with E-state index >= 15 is 0 Å². The zero-order valence-corrected chi connectivity index (χ0v) is 17.3. The molecule has 2 N–H and O–H groups in total. The number of carbonyl (C=O) groups is 3. The molecule has 29 heavy (non-hydrogen) atoms. The van der Waals surface area contributed by atoms with Crippen molar-refractivity contribution in [1.82, 2.24) is 15.5 Å². The van der Waals surface area contributed by atoms with Gasteiger partial charge in [0.1, 0.15) is 11.8 Å². The van der Waals surface area contributed by atoms with Crippen molar-refractivity contribution < 1.29 is 23.9 Å². The molecule has 9 heteroatoms. The summed E-state index contributed by atoms with van der Waals surface area (Å²) < 4.78 is 10.3. The van der Waals surface area contributed by atoms with Gasteiger partial charge in [0.25, 0.3) is 0 Å². The van der Waals surface area contributed by atoms with E-state index in [1.54, 1.807) is 19.3 Å². The molecular weight excluding hydrogens is 394 g/mol. The third kappa shape index (κ3) is 6.56. The second-order valence-corrected chi connectivity index (χ2v) is 6.68. The van der Waals surface area contributed by atoms with Crippen LogP contribution in [0.4, 0.5) is 0 Å². The maximum Gasteiger partial charge on any atom is 0.308 e. The number of piperazine rings is 1. The summed E-state index contributed by atoms with van der Waals surface area (Å²) in [4.78, 5) is 38.0. The summed E-state index contributed by atoms with van der Waals surface area (Å²) >= 11 is 5.30. The van der Waals surface area contributed by atoms with Crippen molar-refractivity contribution in [3.8, 4) is 5.75 Å². The van der Waals surface area contributed by atoms with E-state index < -0.39 is 17.9 Å². The first-order valence-corrected chi connectivity index (χ1v) is 9.73. The lowest BCUT2D eigenvalue weighted by Gasteiger charge is -2.36. The van der Waals surface area contributed by atoms with Crippen molar-refractivity contribution in [3.63, 3.8) is 0 Å². The van der Waals surface area contributed by atoms with Crippen LogP contribution in [-0.4, -0.2) is 60.6 Å². The predicted octanol–water partition coefficient (Wildman–Crippen LogP) is 1.25. The van der Waals surface area contributed by atoms with Gasteiger partial charge in [-0.15, -0.1) is 0 Å². The SMILES string of the molecule is CCCOC(=O)CC1C(=O)NCCN1C(=S)NC(=O)C=Cc1ccccc1OC. The van der Waals surface area contributed by atoms with Crippen molar-refractivity contribution in [1.29, 1.82) is 0 Å². The summed E-state index contributed by atoms with van der Waals surface area (Å²) in [5, 5.41) is 5.37. The smallest absolute Gasteiger partial charge is 0.308 e. The maximum absolute atomic E-state index is 12.3. The molecule has 2 rings (SSSR count). The zero-order valence-electron chi connectivity index (χ0n) is 16.5. The van der Waals surface area contributed by atoms with Crippen LogP contribution in [0.1, 0.15) is 25.3 Å². The lowest BCUT2D eigenvalue weighted by molar-refractivity contribution is -0.147. The van der Waals surface area contributed by atoms with Crippen molar-refractivity contribution in [2.24, 2.45) is 0 Å². The first-order chi connectivity index (χ1) is 14.0. The van der Waals surface area contributed by atoms with Crippen LogP contribution in [0, 0.1) is 0 Å². The molecular formula is C20H25N3O5S. The van der Waals surface area contributed by atoms with Crippen LogP contribution in [0.5, 0.6) is 5.75 Å². The lowest BCUT2D eigenvalue weighted by atomic mass is 10.1. The Morgan fingerprint density at radius 2 is 2.14 bits per heavy atom. The minimum Gasteiger partial charge on any atom is -0.496 e. The molecule has 0 aliphatic carbocycles. The zero-order chi connectivity index (χ0) is 21.2. The number of benzene rings is 1. The summed E-state index contributed by atoms with van der Waals surface area (Å²) in [6.07, 6.45) is 3.50. The first kappa shape index (κ1) is 22.4. The summed E-state index contributed by atoms with van der Waals surface area (Å²) in [6, 6.07) is 6.45. The third-order valence-corrected chi connectivity index (χ3v) is 4.54. The lowest BCUT2D eigenvalue weighted by Crippen LogP contribution is -2.60. The second kappa shape index (κ2) is 11.2. The highest BCUT2D eigenvalue weighted by molar-refractivity contribution is 7.80. The summed E-state index contributed by atoms with van der Waals surface area (Å²) in [5.74, 6) is -0.619. The maximum atomic E-state index is 12.3. The molecule has 1 aromatic rings. The summed E-state index contributed by atoms with van der Waals surface area (Å²) in [5.41, 5.74) is 0.741. The minimum atomic E-state index is -0.820. The van der Waals surface area contributed by atoms with Gasteiger partial charge in [-0.2, -0.15) is 0 Å². The van der Waals surface area contributed by atoms with Gasteiger partial charge in [0.2, 0.25) is 11.8 Å². The van der Waals surface area contributed by atoms with Gasteiger partial charge in [-0.05, 0) is 30.8 Å². The Kier molecular flexibility index (Phi) is 8.60. The highest BCUT2D eigenvalue weighted by atomic mass is 32.1. The Labute approximate surface area is 175 Å². The first-order valence-electron chi connectivity index (χ1n) is 9.32. The number of thiocarbonyl (C=S) groups is 1. The molecule has 1 aromatic carbocycles. The molecule has 0 bridgehead atoms. The number of amides is 2. The number of methoxy groups -OCH3 is 1. The number of nitrogens with one attached hydrogen (secondary N) is 2. The van der Waals surface area contributed by atoms with Crippen LogP contribution in [0.3, 0.4) is 0 Å². The molecule has 1 aliphatic rings. The molecule has 1 unspecified atom stereocenters. The van der Waals surface area contributed by atoms with E-state index in [0.29, 0.717) is 31.9 Å². The predicted molar refractivity (Wildman–Crippen MR) is 112 cm³/mol. The molecule has 1 aliphatic heterocycles. The van der Waals surface area contributed by atoms with Gasteiger partial charge in [0.15, 0.2) is 5.11 Å². The molecule has 8 nitrogen and oxygen atoms in total. The summed E-state index contributed by atoms with van der Waals surface area (Å²) in [6.45, 7) is 2.93. The molecule has 1 heterocycles. The fourth-order valence-corrected chi connectivity index (χ4v) is 3.10. The van der Waals surface area contributed by atoms with Gasteiger partial charge in [-0.3, -0.25) is 19.7 Å². The number of esters is 1. The van der Waals surface area contributed by atoms with Crippen LogP contribution in [-0.2, 0) is 19.1 Å². The Bertz CT molecular complexity index is 796. The highest BCUT2D eigenvalue weighted by Crippen LogP contribution is 2.18. The largest absolute Gasteiger partial charge is 0.496 e. The molecule has 0 spiro atoms. The van der Waals surface area contributed by atoms with E-state index in [1.807, 2.05) is 25.1 Å². The van der Waals surface area contributed by atoms with E-state index in [4.69, 9.17) is 21.7 Å². The van der Waals surface area contributed by atoms with E-state index in [1.165, 1.54) is 11.0 Å². The molecule has 0 aromatic heterocycles. The second-order valence-electron chi connectivity index (χ2n) is 6.29. The molecule has 1 fully saturated rings. The standard InChI is InChI=1S/C20H25N3O5S/c1-3-12-28-18(25)13-15-19(26)21-10-11-23(15)20(29)22-17(24)9-8-14-6-4-5-7-16(14)27-2/h4-9,15H,3,10-13H2,1-2H3,(H,21,26)(H,22,24,29). The minimum absolute atomic E-state index is 0.0859. The Hall–Kier alpha value is -2.94. The molecule has 2 amide bonds. The highest BCUT2D eigenvalue weighted by Gasteiger charge is 2.34. The number of hydrogen-bond acceptors (Lipinski definition) is 6. The van der Waals surface area contributed by atoms with Crippen LogP contribution >= 0.6 is 12.2 Å². The van der Waals surface area contributed by atoms with E-state index in [-0.39, 0.29) is 17.4 Å². The van der Waals surface area contributed by atoms with Gasteiger partial charge < -0.3 is 19.7 Å². The molecule has 1 atom stereocenters. The van der Waals surface area contributed by atoms with Crippen molar-refractivity contribution in [2.75, 3.05) is 26.8 Å². The number of para-hydroxylation sites is 1. The van der Waals surface area contributed by atoms with Crippen LogP contribution in [0.15, 0.2) is 30.3 Å². The van der Waals surface area contributed by atoms with Crippen LogP contribution in [0.2, 0.25) is 0 Å². The number of rotatable bonds is 7. The van der Waals surface area contributed by atoms with Crippen molar-refractivity contribution in [3.05, 3.63) is 35.9 Å². The number of carbonyl (C=O) groups excluding carboxylic acids is 3. The molecule has 1 saturated heterocycles. The van der Waals surface area contributed by atoms with Gasteiger partial charge in [0.05, 0.1) is 20.1 Å². The fourth-order valence-electron chi connectivity index (χ4n) is 2.78. The Morgan fingerprint density at radius 1 is 1.38 bits per heavy atom. The van der Waals surface area contributed by atoms with Gasteiger partial charge in [-0.25, -0.2) is 0 Å². The summed E-state index contributed by atoms with van der Waals surface area (Å²) in [7, 11) is 1.55. The average molecular weight is 420 g/mol. The van der Waals surface area contributed by atoms with E-state index in [2.05, 4.69) is 10.6 Å². The van der Waals surface area contributed by atoms with Gasteiger partial charge in [0, 0.05) is 24.7 Å². The van der Waals surface area contributed by atoms with Gasteiger partial charge in [-0.1, -0.05) is 25.1 Å². The molecule has 0 saturated carbocycles. The van der Waals surface area contributed by atoms with Gasteiger partial charge >= 0.3 is 5.97 Å². The van der Waals surface area contributed by atoms with Crippen LogP contribution < -0.4 is 15.4 Å². The van der Waals surface area contributed by atoms with Crippen LogP contribution in [0.25, 0.3) is 6.08 Å². The quantitative estimate of drug-likeness (QED) is 0.390. The Balaban J connectivity index is 2.00. The van der Waals surface area contributed by atoms with Crippen molar-refractivity contribution in [2.45, 2.75) is 25.8 Å². The fraction of sp³-hybridized carbons (Fsp3) is 0.400. The number of ether oxygens (including phenoxy) is 2. The topological polar surface area (TPSA) is 97.0 Å². The Morgan fingerprint density at radius 3 is 2.86 bits per heavy atom. The van der Waals surface area contributed by atoms with Crippen molar-refractivity contribution >= 4 is 41.2 Å². The normalized spacial score (nSPS) is 16.3. The average Bonchev–Trinajstić information content (AvgIpc) is 2.72. The van der Waals surface area contributed by atoms with E-state index in [9.17, 15) is 14.4 Å². The molecule has 0 radical (unpaired) electrons.